The Morgan fingerprint density at radius 3 is 1.48 bits per heavy atom. The van der Waals surface area contributed by atoms with Crippen LogP contribution in [0.4, 0.5) is 5.69 Å². The van der Waals surface area contributed by atoms with Crippen LogP contribution in [0.5, 0.6) is 0 Å². The lowest BCUT2D eigenvalue weighted by atomic mass is 10.3. The predicted octanol–water partition coefficient (Wildman–Crippen LogP) is 4.58. The highest BCUT2D eigenvalue weighted by Gasteiger charge is 2.38. The zero-order valence-electron chi connectivity index (χ0n) is 13.7. The molecule has 0 amide bonds. The van der Waals surface area contributed by atoms with Crippen LogP contribution in [-0.2, 0) is 20.0 Å². The predicted molar refractivity (Wildman–Crippen MR) is 106 cm³/mol. The summed E-state index contributed by atoms with van der Waals surface area (Å²) < 4.78 is 53.4. The molecule has 0 atom stereocenters. The summed E-state index contributed by atoms with van der Waals surface area (Å²) >= 11 is 12.2. The fourth-order valence-corrected chi connectivity index (χ4v) is 6.64. The van der Waals surface area contributed by atoms with Crippen LogP contribution in [0.1, 0.15) is 0 Å². The third-order valence-corrected chi connectivity index (χ3v) is 8.64. The summed E-state index contributed by atoms with van der Waals surface area (Å²) in [4.78, 5) is -0.388. The quantitative estimate of drug-likeness (QED) is 0.580. The molecule has 0 saturated heterocycles. The number of sulfonamides is 2. The molecule has 0 N–H and O–H groups in total. The highest BCUT2D eigenvalue weighted by atomic mass is 35.5. The molecule has 0 aromatic heterocycles. The summed E-state index contributed by atoms with van der Waals surface area (Å²) in [5.74, 6) is 0. The van der Waals surface area contributed by atoms with Crippen molar-refractivity contribution >= 4 is 48.9 Å². The van der Waals surface area contributed by atoms with E-state index in [0.29, 0.717) is 3.71 Å². The molecule has 0 fully saturated rings. The molecule has 140 valence electrons. The zero-order valence-corrected chi connectivity index (χ0v) is 16.8. The zero-order chi connectivity index (χ0) is 19.7. The maximum atomic E-state index is 13.3. The van der Waals surface area contributed by atoms with Crippen molar-refractivity contribution in [3.63, 3.8) is 0 Å². The number of benzene rings is 3. The molecule has 27 heavy (non-hydrogen) atoms. The minimum absolute atomic E-state index is 0.0330. The van der Waals surface area contributed by atoms with Gasteiger partial charge in [-0.05, 0) is 36.4 Å². The maximum Gasteiger partial charge on any atom is 0.277 e. The smallest absolute Gasteiger partial charge is 0.200 e. The van der Waals surface area contributed by atoms with Gasteiger partial charge in [-0.15, -0.1) is 0 Å². The Morgan fingerprint density at radius 1 is 0.593 bits per heavy atom. The van der Waals surface area contributed by atoms with Gasteiger partial charge in [0, 0.05) is 0 Å². The van der Waals surface area contributed by atoms with Gasteiger partial charge < -0.3 is 0 Å². The van der Waals surface area contributed by atoms with Crippen molar-refractivity contribution in [1.29, 1.82) is 0 Å². The third kappa shape index (κ3) is 3.68. The largest absolute Gasteiger partial charge is 0.277 e. The Balaban J connectivity index is 2.34. The molecule has 0 saturated carbocycles. The lowest BCUT2D eigenvalue weighted by Crippen LogP contribution is -2.37. The van der Waals surface area contributed by atoms with Crippen molar-refractivity contribution in [2.45, 2.75) is 9.79 Å². The summed E-state index contributed by atoms with van der Waals surface area (Å²) in [5.41, 5.74) is -0.253. The average molecular weight is 442 g/mol. The Hall–Kier alpha value is -2.06. The number of hydrogen-bond donors (Lipinski definition) is 0. The van der Waals surface area contributed by atoms with Crippen LogP contribution >= 0.6 is 23.2 Å². The lowest BCUT2D eigenvalue weighted by Gasteiger charge is -2.25. The van der Waals surface area contributed by atoms with Gasteiger partial charge in [0.05, 0.1) is 25.5 Å². The molecule has 0 aliphatic heterocycles. The number of nitrogens with zero attached hydrogens (tertiary/aromatic N) is 1. The summed E-state index contributed by atoms with van der Waals surface area (Å²) in [7, 11) is -8.99. The van der Waals surface area contributed by atoms with Gasteiger partial charge in [0.2, 0.25) is 0 Å². The van der Waals surface area contributed by atoms with E-state index in [4.69, 9.17) is 23.2 Å². The lowest BCUT2D eigenvalue weighted by molar-refractivity contribution is 0.584. The van der Waals surface area contributed by atoms with Gasteiger partial charge in [-0.1, -0.05) is 65.7 Å². The van der Waals surface area contributed by atoms with Crippen molar-refractivity contribution in [1.82, 2.24) is 0 Å². The topological polar surface area (TPSA) is 71.5 Å². The van der Waals surface area contributed by atoms with Gasteiger partial charge in [-0.2, -0.15) is 3.71 Å². The molecule has 0 aliphatic carbocycles. The molecule has 0 spiro atoms. The van der Waals surface area contributed by atoms with E-state index in [-0.39, 0.29) is 25.5 Å². The molecule has 0 radical (unpaired) electrons. The molecule has 0 heterocycles. The standard InChI is InChI=1S/C18H13Cl2NO4S2/c19-16-12-7-13-17(18(16)20)21(26(22,23)14-8-3-1-4-9-14)27(24,25)15-10-5-2-6-11-15/h1-13H. The monoisotopic (exact) mass is 441 g/mol. The van der Waals surface area contributed by atoms with E-state index in [2.05, 4.69) is 0 Å². The van der Waals surface area contributed by atoms with Gasteiger partial charge in [0.1, 0.15) is 0 Å². The van der Waals surface area contributed by atoms with Gasteiger partial charge in [0.15, 0.2) is 0 Å². The summed E-state index contributed by atoms with van der Waals surface area (Å²) in [5, 5.41) is -0.149. The molecule has 0 aliphatic rings. The van der Waals surface area contributed by atoms with Crippen LogP contribution in [0.3, 0.4) is 0 Å². The van der Waals surface area contributed by atoms with E-state index in [1.54, 1.807) is 12.1 Å². The Bertz CT molecular complexity index is 1100. The molecule has 9 heteroatoms. The van der Waals surface area contributed by atoms with Crippen LogP contribution < -0.4 is 3.71 Å². The van der Waals surface area contributed by atoms with Crippen molar-refractivity contribution in [3.05, 3.63) is 88.9 Å². The van der Waals surface area contributed by atoms with E-state index in [9.17, 15) is 16.8 Å². The molecule has 0 bridgehead atoms. The Morgan fingerprint density at radius 2 is 1.04 bits per heavy atom. The molecule has 0 unspecified atom stereocenters. The van der Waals surface area contributed by atoms with Gasteiger partial charge in [0.25, 0.3) is 20.0 Å². The van der Waals surface area contributed by atoms with Crippen LogP contribution in [0.2, 0.25) is 10.0 Å². The number of anilines is 1. The second-order valence-electron chi connectivity index (χ2n) is 5.41. The SMILES string of the molecule is O=S(=O)(c1ccccc1)N(c1cccc(Cl)c1Cl)S(=O)(=O)c1ccccc1. The first-order chi connectivity index (χ1) is 12.8. The molecule has 3 aromatic carbocycles. The van der Waals surface area contributed by atoms with Crippen molar-refractivity contribution in [2.75, 3.05) is 3.71 Å². The normalized spacial score (nSPS) is 11.9. The maximum absolute atomic E-state index is 13.3. The number of hydrogen-bond acceptors (Lipinski definition) is 4. The molecule has 3 rings (SSSR count). The minimum atomic E-state index is -4.50. The third-order valence-electron chi connectivity index (χ3n) is 3.65. The van der Waals surface area contributed by atoms with Gasteiger partial charge in [-0.25, -0.2) is 16.8 Å². The fraction of sp³-hybridized carbons (Fsp3) is 0. The highest BCUT2D eigenvalue weighted by molar-refractivity contribution is 8.10. The highest BCUT2D eigenvalue weighted by Crippen LogP contribution is 2.38. The Kier molecular flexibility index (Phi) is 5.48. The first-order valence-electron chi connectivity index (χ1n) is 7.61. The summed E-state index contributed by atoms with van der Waals surface area (Å²) in [6.45, 7) is 0. The second kappa shape index (κ2) is 7.52. The van der Waals surface area contributed by atoms with Crippen molar-refractivity contribution in [2.24, 2.45) is 0 Å². The van der Waals surface area contributed by atoms with Crippen molar-refractivity contribution < 1.29 is 16.8 Å². The van der Waals surface area contributed by atoms with Crippen LogP contribution in [-0.4, -0.2) is 16.8 Å². The number of halogens is 2. The summed E-state index contributed by atoms with van der Waals surface area (Å²) in [6.07, 6.45) is 0. The fourth-order valence-electron chi connectivity index (χ4n) is 2.40. The van der Waals surface area contributed by atoms with E-state index < -0.39 is 20.0 Å². The Labute approximate surface area is 167 Å². The van der Waals surface area contributed by atoms with Crippen LogP contribution in [0, 0.1) is 0 Å². The minimum Gasteiger partial charge on any atom is -0.200 e. The first kappa shape index (κ1) is 19.7. The first-order valence-corrected chi connectivity index (χ1v) is 11.2. The van der Waals surface area contributed by atoms with Gasteiger partial charge >= 0.3 is 0 Å². The molecule has 5 nitrogen and oxygen atoms in total. The molecular formula is C18H13Cl2NO4S2. The van der Waals surface area contributed by atoms with Gasteiger partial charge in [-0.3, -0.25) is 0 Å². The second-order valence-corrected chi connectivity index (χ2v) is 10.00. The van der Waals surface area contributed by atoms with Crippen molar-refractivity contribution in [3.8, 4) is 0 Å². The van der Waals surface area contributed by atoms with E-state index >= 15 is 0 Å². The summed E-state index contributed by atoms with van der Waals surface area (Å²) in [6, 6.07) is 18.6. The number of rotatable bonds is 5. The van der Waals surface area contributed by atoms with E-state index in [1.165, 1.54) is 66.7 Å². The molecule has 3 aromatic rings. The van der Waals surface area contributed by atoms with E-state index in [1.807, 2.05) is 0 Å². The van der Waals surface area contributed by atoms with Crippen LogP contribution in [0.15, 0.2) is 88.7 Å². The van der Waals surface area contributed by atoms with E-state index in [0.717, 1.165) is 0 Å². The molecular weight excluding hydrogens is 429 g/mol. The van der Waals surface area contributed by atoms with Crippen LogP contribution in [0.25, 0.3) is 0 Å². The average Bonchev–Trinajstić information content (AvgIpc) is 2.66.